The molecule has 1 aliphatic rings. The van der Waals surface area contributed by atoms with Gasteiger partial charge in [-0.1, -0.05) is 0 Å². The normalized spacial score (nSPS) is 25.5. The van der Waals surface area contributed by atoms with Crippen molar-refractivity contribution >= 4 is 5.95 Å². The van der Waals surface area contributed by atoms with Gasteiger partial charge >= 0.3 is 0 Å². The predicted molar refractivity (Wildman–Crippen MR) is 54.1 cm³/mol. The number of rotatable bonds is 4. The molecule has 0 aliphatic heterocycles. The Morgan fingerprint density at radius 3 is 2.79 bits per heavy atom. The molecule has 1 aromatic heterocycles. The maximum atomic E-state index is 5.46. The Morgan fingerprint density at radius 1 is 1.43 bits per heavy atom. The van der Waals surface area contributed by atoms with Gasteiger partial charge in [0.2, 0.25) is 5.95 Å². The Morgan fingerprint density at radius 2 is 2.14 bits per heavy atom. The van der Waals surface area contributed by atoms with E-state index in [1.54, 1.807) is 12.4 Å². The molecule has 0 saturated heterocycles. The topological polar surface area (TPSA) is 47.0 Å². The summed E-state index contributed by atoms with van der Waals surface area (Å²) < 4.78 is 5.46. The lowest BCUT2D eigenvalue weighted by atomic mass is 9.89. The van der Waals surface area contributed by atoms with Gasteiger partial charge < -0.3 is 10.1 Å². The van der Waals surface area contributed by atoms with E-state index in [4.69, 9.17) is 4.74 Å². The molecule has 1 saturated carbocycles. The molecular weight excluding hydrogens is 178 g/mol. The molecular formula is C10H15N3O. The summed E-state index contributed by atoms with van der Waals surface area (Å²) in [5, 5.41) is 3.26. The standard InChI is InChI=1S/C10H15N3O/c1-2-14-9-6-8(7-9)13-10-11-4-3-5-12-10/h3-5,8-9H,2,6-7H2,1H3,(H,11,12,13). The molecule has 0 aromatic carbocycles. The summed E-state index contributed by atoms with van der Waals surface area (Å²) in [6.07, 6.45) is 6.04. The summed E-state index contributed by atoms with van der Waals surface area (Å²) >= 11 is 0. The first-order valence-corrected chi connectivity index (χ1v) is 5.03. The van der Waals surface area contributed by atoms with Gasteiger partial charge in [-0.2, -0.15) is 0 Å². The van der Waals surface area contributed by atoms with Crippen LogP contribution in [0.5, 0.6) is 0 Å². The van der Waals surface area contributed by atoms with Gasteiger partial charge in [0.1, 0.15) is 0 Å². The van der Waals surface area contributed by atoms with E-state index >= 15 is 0 Å². The van der Waals surface area contributed by atoms with Crippen molar-refractivity contribution in [2.45, 2.75) is 31.9 Å². The van der Waals surface area contributed by atoms with Gasteiger partial charge in [0.25, 0.3) is 0 Å². The number of nitrogens with one attached hydrogen (secondary N) is 1. The molecule has 2 rings (SSSR count). The number of ether oxygens (including phenoxy) is 1. The van der Waals surface area contributed by atoms with Crippen molar-refractivity contribution in [2.75, 3.05) is 11.9 Å². The molecule has 1 N–H and O–H groups in total. The molecule has 0 radical (unpaired) electrons. The first-order valence-electron chi connectivity index (χ1n) is 5.03. The first kappa shape index (κ1) is 9.40. The number of aromatic nitrogens is 2. The van der Waals surface area contributed by atoms with Gasteiger partial charge in [0.05, 0.1) is 6.10 Å². The van der Waals surface area contributed by atoms with Crippen LogP contribution in [0, 0.1) is 0 Å². The zero-order valence-corrected chi connectivity index (χ0v) is 8.31. The molecule has 0 atom stereocenters. The minimum absolute atomic E-state index is 0.432. The number of hydrogen-bond acceptors (Lipinski definition) is 4. The Balaban J connectivity index is 1.74. The van der Waals surface area contributed by atoms with Crippen LogP contribution in [0.2, 0.25) is 0 Å². The summed E-state index contributed by atoms with van der Waals surface area (Å²) in [6.45, 7) is 2.83. The molecule has 1 aliphatic carbocycles. The number of anilines is 1. The van der Waals surface area contributed by atoms with Crippen LogP contribution >= 0.6 is 0 Å². The maximum Gasteiger partial charge on any atom is 0.222 e. The molecule has 0 spiro atoms. The van der Waals surface area contributed by atoms with Crippen molar-refractivity contribution in [3.8, 4) is 0 Å². The summed E-state index contributed by atoms with van der Waals surface area (Å²) in [6, 6.07) is 2.29. The number of nitrogens with zero attached hydrogens (tertiary/aromatic N) is 2. The fraction of sp³-hybridized carbons (Fsp3) is 0.600. The van der Waals surface area contributed by atoms with Crippen LogP contribution in [-0.4, -0.2) is 28.7 Å². The molecule has 1 heterocycles. The van der Waals surface area contributed by atoms with Crippen LogP contribution in [0.1, 0.15) is 19.8 Å². The molecule has 4 nitrogen and oxygen atoms in total. The summed E-state index contributed by atoms with van der Waals surface area (Å²) in [4.78, 5) is 8.22. The Labute approximate surface area is 83.7 Å². The number of hydrogen-bond donors (Lipinski definition) is 1. The third-order valence-corrected chi connectivity index (χ3v) is 2.40. The van der Waals surface area contributed by atoms with E-state index in [1.165, 1.54) is 0 Å². The quantitative estimate of drug-likeness (QED) is 0.786. The predicted octanol–water partition coefficient (Wildman–Crippen LogP) is 1.46. The van der Waals surface area contributed by atoms with Crippen molar-refractivity contribution in [1.82, 2.24) is 9.97 Å². The van der Waals surface area contributed by atoms with Crippen molar-refractivity contribution in [2.24, 2.45) is 0 Å². The third-order valence-electron chi connectivity index (χ3n) is 2.40. The Hall–Kier alpha value is -1.16. The highest BCUT2D eigenvalue weighted by Crippen LogP contribution is 2.25. The molecule has 0 bridgehead atoms. The van der Waals surface area contributed by atoms with E-state index in [1.807, 2.05) is 13.0 Å². The SMILES string of the molecule is CCOC1CC(Nc2ncccn2)C1. The second-order valence-corrected chi connectivity index (χ2v) is 3.46. The van der Waals surface area contributed by atoms with Crippen LogP contribution in [0.25, 0.3) is 0 Å². The van der Waals surface area contributed by atoms with Crippen molar-refractivity contribution in [3.63, 3.8) is 0 Å². The first-order chi connectivity index (χ1) is 6.88. The van der Waals surface area contributed by atoms with E-state index in [2.05, 4.69) is 15.3 Å². The van der Waals surface area contributed by atoms with Gasteiger partial charge in [-0.25, -0.2) is 9.97 Å². The highest BCUT2D eigenvalue weighted by Gasteiger charge is 2.29. The zero-order valence-electron chi connectivity index (χ0n) is 8.31. The fourth-order valence-corrected chi connectivity index (χ4v) is 1.61. The highest BCUT2D eigenvalue weighted by atomic mass is 16.5. The van der Waals surface area contributed by atoms with Gasteiger partial charge in [0.15, 0.2) is 0 Å². The zero-order chi connectivity index (χ0) is 9.80. The summed E-state index contributed by atoms with van der Waals surface area (Å²) in [5.41, 5.74) is 0. The van der Waals surface area contributed by atoms with Gasteiger partial charge in [-0.15, -0.1) is 0 Å². The molecule has 1 aromatic rings. The smallest absolute Gasteiger partial charge is 0.222 e. The molecule has 76 valence electrons. The molecule has 0 unspecified atom stereocenters. The van der Waals surface area contributed by atoms with Crippen LogP contribution < -0.4 is 5.32 Å². The summed E-state index contributed by atoms with van der Waals surface area (Å²) in [5.74, 6) is 0.715. The molecule has 1 fully saturated rings. The minimum Gasteiger partial charge on any atom is -0.378 e. The lowest BCUT2D eigenvalue weighted by Crippen LogP contribution is -2.41. The van der Waals surface area contributed by atoms with Crippen molar-refractivity contribution in [3.05, 3.63) is 18.5 Å². The second kappa shape index (κ2) is 4.37. The van der Waals surface area contributed by atoms with Crippen LogP contribution in [0.15, 0.2) is 18.5 Å². The van der Waals surface area contributed by atoms with Gasteiger partial charge in [-0.05, 0) is 25.8 Å². The fourth-order valence-electron chi connectivity index (χ4n) is 1.61. The Bertz CT molecular complexity index is 272. The monoisotopic (exact) mass is 193 g/mol. The largest absolute Gasteiger partial charge is 0.378 e. The van der Waals surface area contributed by atoms with E-state index in [-0.39, 0.29) is 0 Å². The summed E-state index contributed by atoms with van der Waals surface area (Å²) in [7, 11) is 0. The molecule has 4 heteroatoms. The van der Waals surface area contributed by atoms with Crippen LogP contribution in [0.4, 0.5) is 5.95 Å². The van der Waals surface area contributed by atoms with E-state index in [0.717, 1.165) is 19.4 Å². The van der Waals surface area contributed by atoms with Crippen LogP contribution in [0.3, 0.4) is 0 Å². The van der Waals surface area contributed by atoms with E-state index in [9.17, 15) is 0 Å². The van der Waals surface area contributed by atoms with Crippen molar-refractivity contribution in [1.29, 1.82) is 0 Å². The lowest BCUT2D eigenvalue weighted by Gasteiger charge is -2.35. The van der Waals surface area contributed by atoms with Gasteiger partial charge in [0, 0.05) is 25.0 Å². The Kier molecular flexibility index (Phi) is 2.93. The second-order valence-electron chi connectivity index (χ2n) is 3.46. The van der Waals surface area contributed by atoms with E-state index < -0.39 is 0 Å². The third kappa shape index (κ3) is 2.20. The average molecular weight is 193 g/mol. The minimum atomic E-state index is 0.432. The highest BCUT2D eigenvalue weighted by molar-refractivity contribution is 5.25. The lowest BCUT2D eigenvalue weighted by molar-refractivity contribution is 0.00285. The average Bonchev–Trinajstić information content (AvgIpc) is 2.16. The van der Waals surface area contributed by atoms with Crippen molar-refractivity contribution < 1.29 is 4.74 Å². The van der Waals surface area contributed by atoms with Crippen LogP contribution in [-0.2, 0) is 4.74 Å². The van der Waals surface area contributed by atoms with E-state index in [0.29, 0.717) is 18.1 Å². The maximum absolute atomic E-state index is 5.46. The molecule has 0 amide bonds. The molecule has 14 heavy (non-hydrogen) atoms. The van der Waals surface area contributed by atoms with Gasteiger partial charge in [-0.3, -0.25) is 0 Å².